The highest BCUT2D eigenvalue weighted by Crippen LogP contribution is 2.10. The van der Waals surface area contributed by atoms with E-state index in [1.165, 1.54) is 6.42 Å². The van der Waals surface area contributed by atoms with Crippen molar-refractivity contribution in [3.05, 3.63) is 30.1 Å². The molecule has 1 aliphatic rings. The van der Waals surface area contributed by atoms with Crippen LogP contribution in [-0.2, 0) is 11.3 Å². The third kappa shape index (κ3) is 3.27. The van der Waals surface area contributed by atoms with Crippen LogP contribution in [0.4, 0.5) is 0 Å². The fourth-order valence-electron chi connectivity index (χ4n) is 2.17. The van der Waals surface area contributed by atoms with E-state index in [9.17, 15) is 4.79 Å². The van der Waals surface area contributed by atoms with Gasteiger partial charge < -0.3 is 10.2 Å². The van der Waals surface area contributed by atoms with Gasteiger partial charge in [-0.1, -0.05) is 6.42 Å². The van der Waals surface area contributed by atoms with E-state index in [4.69, 9.17) is 0 Å². The lowest BCUT2D eigenvalue weighted by atomic mass is 10.0. The van der Waals surface area contributed by atoms with Crippen molar-refractivity contribution in [1.82, 2.24) is 15.2 Å². The van der Waals surface area contributed by atoms with Gasteiger partial charge in [-0.05, 0) is 37.1 Å². The maximum Gasteiger partial charge on any atom is 0.239 e. The van der Waals surface area contributed by atoms with Crippen molar-refractivity contribution in [3.63, 3.8) is 0 Å². The molecule has 1 saturated heterocycles. The number of hydrogen-bond donors (Lipinski definition) is 1. The maximum absolute atomic E-state index is 12.2. The smallest absolute Gasteiger partial charge is 0.239 e. The Labute approximate surface area is 102 Å². The standard InChI is InChI=1S/C13H19N3O/c1-16(10-11-5-8-14-9-6-11)13(17)12-4-2-3-7-15-12/h5-6,8-9,12,15H,2-4,7,10H2,1H3/t12-/m1/s1. The van der Waals surface area contributed by atoms with E-state index in [0.29, 0.717) is 6.54 Å². The van der Waals surface area contributed by atoms with Crippen LogP contribution in [0.3, 0.4) is 0 Å². The van der Waals surface area contributed by atoms with Crippen LogP contribution in [0, 0.1) is 0 Å². The highest BCUT2D eigenvalue weighted by Gasteiger charge is 2.23. The van der Waals surface area contributed by atoms with Crippen molar-refractivity contribution in [3.8, 4) is 0 Å². The van der Waals surface area contributed by atoms with Gasteiger partial charge in [-0.3, -0.25) is 9.78 Å². The second-order valence-corrected chi connectivity index (χ2v) is 4.55. The molecule has 1 aromatic heterocycles. The molecule has 0 unspecified atom stereocenters. The highest BCUT2D eigenvalue weighted by molar-refractivity contribution is 5.81. The van der Waals surface area contributed by atoms with Crippen LogP contribution in [0.25, 0.3) is 0 Å². The predicted octanol–water partition coefficient (Wildman–Crippen LogP) is 1.18. The minimum Gasteiger partial charge on any atom is -0.340 e. The molecule has 4 heteroatoms. The van der Waals surface area contributed by atoms with Gasteiger partial charge in [-0.25, -0.2) is 0 Å². The Morgan fingerprint density at radius 1 is 1.47 bits per heavy atom. The number of likely N-dealkylation sites (N-methyl/N-ethyl adjacent to an activating group) is 1. The SMILES string of the molecule is CN(Cc1ccncc1)C(=O)[C@H]1CCCCN1. The average molecular weight is 233 g/mol. The zero-order chi connectivity index (χ0) is 12.1. The van der Waals surface area contributed by atoms with Gasteiger partial charge in [0.05, 0.1) is 6.04 Å². The first-order valence-electron chi connectivity index (χ1n) is 6.14. The minimum atomic E-state index is 0.00980. The van der Waals surface area contributed by atoms with Gasteiger partial charge in [0, 0.05) is 26.0 Å². The van der Waals surface area contributed by atoms with E-state index >= 15 is 0 Å². The summed E-state index contributed by atoms with van der Waals surface area (Å²) in [4.78, 5) is 17.9. The van der Waals surface area contributed by atoms with Crippen LogP contribution >= 0.6 is 0 Å². The summed E-state index contributed by atoms with van der Waals surface area (Å²) >= 11 is 0. The largest absolute Gasteiger partial charge is 0.340 e. The number of pyridine rings is 1. The second kappa shape index (κ2) is 5.77. The van der Waals surface area contributed by atoms with Gasteiger partial charge in [0.2, 0.25) is 5.91 Å². The molecule has 2 rings (SSSR count). The Bertz CT molecular complexity index is 360. The Balaban J connectivity index is 1.90. The summed E-state index contributed by atoms with van der Waals surface area (Å²) in [5.41, 5.74) is 1.12. The zero-order valence-corrected chi connectivity index (χ0v) is 10.2. The van der Waals surface area contributed by atoms with E-state index in [1.54, 1.807) is 17.3 Å². The Morgan fingerprint density at radius 2 is 2.24 bits per heavy atom. The van der Waals surface area contributed by atoms with Crippen LogP contribution in [0.15, 0.2) is 24.5 Å². The molecular weight excluding hydrogens is 214 g/mol. The lowest BCUT2D eigenvalue weighted by Gasteiger charge is -2.27. The quantitative estimate of drug-likeness (QED) is 0.852. The fraction of sp³-hybridized carbons (Fsp3) is 0.538. The lowest BCUT2D eigenvalue weighted by molar-refractivity contribution is -0.133. The molecule has 0 spiro atoms. The molecule has 4 nitrogen and oxygen atoms in total. The summed E-state index contributed by atoms with van der Waals surface area (Å²) in [5, 5.41) is 3.28. The molecule has 1 atom stereocenters. The Morgan fingerprint density at radius 3 is 2.88 bits per heavy atom. The summed E-state index contributed by atoms with van der Waals surface area (Å²) in [6.07, 6.45) is 6.79. The third-order valence-corrected chi connectivity index (χ3v) is 3.15. The highest BCUT2D eigenvalue weighted by atomic mass is 16.2. The third-order valence-electron chi connectivity index (χ3n) is 3.15. The molecule has 0 aromatic carbocycles. The van der Waals surface area contributed by atoms with Crippen LogP contribution in [0.1, 0.15) is 24.8 Å². The minimum absolute atomic E-state index is 0.00980. The maximum atomic E-state index is 12.2. The molecule has 0 radical (unpaired) electrons. The summed E-state index contributed by atoms with van der Waals surface area (Å²) in [6, 6.07) is 3.89. The van der Waals surface area contributed by atoms with Crippen molar-refractivity contribution in [2.24, 2.45) is 0 Å². The van der Waals surface area contributed by atoms with Gasteiger partial charge in [0.1, 0.15) is 0 Å². The van der Waals surface area contributed by atoms with Crippen molar-refractivity contribution < 1.29 is 4.79 Å². The summed E-state index contributed by atoms with van der Waals surface area (Å²) < 4.78 is 0. The number of carbonyl (C=O) groups excluding carboxylic acids is 1. The number of piperidine rings is 1. The van der Waals surface area contributed by atoms with Crippen LogP contribution < -0.4 is 5.32 Å². The van der Waals surface area contributed by atoms with Gasteiger partial charge >= 0.3 is 0 Å². The molecule has 1 aromatic rings. The second-order valence-electron chi connectivity index (χ2n) is 4.55. The molecule has 92 valence electrons. The van der Waals surface area contributed by atoms with Gasteiger partial charge in [0.15, 0.2) is 0 Å². The van der Waals surface area contributed by atoms with E-state index in [0.717, 1.165) is 24.9 Å². The van der Waals surface area contributed by atoms with E-state index in [-0.39, 0.29) is 11.9 Å². The van der Waals surface area contributed by atoms with Gasteiger partial charge in [0.25, 0.3) is 0 Å². The van der Waals surface area contributed by atoms with E-state index in [2.05, 4.69) is 10.3 Å². The lowest BCUT2D eigenvalue weighted by Crippen LogP contribution is -2.46. The summed E-state index contributed by atoms with van der Waals surface area (Å²) in [7, 11) is 1.86. The molecule has 0 bridgehead atoms. The number of hydrogen-bond acceptors (Lipinski definition) is 3. The first kappa shape index (κ1) is 12.0. The Hall–Kier alpha value is -1.42. The molecular formula is C13H19N3O. The Kier molecular flexibility index (Phi) is 4.09. The average Bonchev–Trinajstić information content (AvgIpc) is 2.40. The number of amides is 1. The molecule has 17 heavy (non-hydrogen) atoms. The monoisotopic (exact) mass is 233 g/mol. The molecule has 0 saturated carbocycles. The van der Waals surface area contributed by atoms with Crippen molar-refractivity contribution in [2.75, 3.05) is 13.6 Å². The van der Waals surface area contributed by atoms with Crippen LogP contribution in [0.5, 0.6) is 0 Å². The molecule has 1 N–H and O–H groups in total. The van der Waals surface area contributed by atoms with Crippen LogP contribution in [-0.4, -0.2) is 35.4 Å². The number of aromatic nitrogens is 1. The number of rotatable bonds is 3. The van der Waals surface area contributed by atoms with E-state index < -0.39 is 0 Å². The first-order valence-corrected chi connectivity index (χ1v) is 6.14. The van der Waals surface area contributed by atoms with Crippen molar-refractivity contribution in [2.45, 2.75) is 31.8 Å². The zero-order valence-electron chi connectivity index (χ0n) is 10.2. The number of nitrogens with one attached hydrogen (secondary N) is 1. The number of nitrogens with zero attached hydrogens (tertiary/aromatic N) is 2. The molecule has 2 heterocycles. The van der Waals surface area contributed by atoms with Crippen molar-refractivity contribution >= 4 is 5.91 Å². The summed E-state index contributed by atoms with van der Waals surface area (Å²) in [5.74, 6) is 0.196. The molecule has 1 aliphatic heterocycles. The number of carbonyl (C=O) groups is 1. The van der Waals surface area contributed by atoms with Gasteiger partial charge in [-0.15, -0.1) is 0 Å². The normalized spacial score (nSPS) is 19.9. The fourth-order valence-corrected chi connectivity index (χ4v) is 2.17. The molecule has 0 aliphatic carbocycles. The summed E-state index contributed by atoms with van der Waals surface area (Å²) in [6.45, 7) is 1.61. The first-order chi connectivity index (χ1) is 8.27. The predicted molar refractivity (Wildman–Crippen MR) is 66.4 cm³/mol. The van der Waals surface area contributed by atoms with Gasteiger partial charge in [-0.2, -0.15) is 0 Å². The topological polar surface area (TPSA) is 45.2 Å². The molecule has 1 amide bonds. The van der Waals surface area contributed by atoms with Crippen molar-refractivity contribution in [1.29, 1.82) is 0 Å². The van der Waals surface area contributed by atoms with Crippen LogP contribution in [0.2, 0.25) is 0 Å². The van der Waals surface area contributed by atoms with E-state index in [1.807, 2.05) is 19.2 Å². The molecule has 1 fully saturated rings.